The highest BCUT2D eigenvalue weighted by atomic mass is 32.2. The summed E-state index contributed by atoms with van der Waals surface area (Å²) in [7, 11) is -3.23. The minimum Gasteiger partial charge on any atom is -0.229 e. The van der Waals surface area contributed by atoms with E-state index < -0.39 is 9.84 Å². The standard InChI is InChI=1S/C17H14FNO2S3/c1-22-17-19-15(11-5-9-14(10-6-11)24(2,20)21)16(23-17)12-3-7-13(18)8-4-12/h3-10H,1-2H3. The Morgan fingerprint density at radius 2 is 1.58 bits per heavy atom. The summed E-state index contributed by atoms with van der Waals surface area (Å²) < 4.78 is 37.3. The van der Waals surface area contributed by atoms with Gasteiger partial charge >= 0.3 is 0 Å². The SMILES string of the molecule is CSc1nc(-c2ccc(S(C)(=O)=O)cc2)c(-c2ccc(F)cc2)s1. The van der Waals surface area contributed by atoms with Crippen molar-refractivity contribution in [3.8, 4) is 21.7 Å². The first kappa shape index (κ1) is 17.1. The zero-order valence-corrected chi connectivity index (χ0v) is 15.4. The Labute approximate surface area is 148 Å². The second-order valence-electron chi connectivity index (χ2n) is 5.17. The molecule has 0 saturated carbocycles. The molecule has 0 aliphatic heterocycles. The van der Waals surface area contributed by atoms with Gasteiger partial charge in [0.1, 0.15) is 5.82 Å². The maximum atomic E-state index is 13.2. The molecule has 0 saturated heterocycles. The smallest absolute Gasteiger partial charge is 0.175 e. The normalized spacial score (nSPS) is 11.6. The summed E-state index contributed by atoms with van der Waals surface area (Å²) in [5, 5.41) is 0. The zero-order valence-electron chi connectivity index (χ0n) is 13.0. The Morgan fingerprint density at radius 1 is 1.00 bits per heavy atom. The average Bonchev–Trinajstić information content (AvgIpc) is 2.99. The van der Waals surface area contributed by atoms with Crippen LogP contribution in [0.2, 0.25) is 0 Å². The number of hydrogen-bond donors (Lipinski definition) is 0. The quantitative estimate of drug-likeness (QED) is 0.614. The van der Waals surface area contributed by atoms with Gasteiger partial charge in [-0.1, -0.05) is 36.0 Å². The summed E-state index contributed by atoms with van der Waals surface area (Å²) in [6.45, 7) is 0. The van der Waals surface area contributed by atoms with E-state index in [9.17, 15) is 12.8 Å². The maximum absolute atomic E-state index is 13.2. The molecule has 0 aliphatic carbocycles. The van der Waals surface area contributed by atoms with Crippen molar-refractivity contribution in [1.29, 1.82) is 0 Å². The van der Waals surface area contributed by atoms with Crippen molar-refractivity contribution in [3.05, 3.63) is 54.3 Å². The fourth-order valence-corrected chi connectivity index (χ4v) is 4.46. The molecule has 0 aliphatic rings. The number of thioether (sulfide) groups is 1. The Kier molecular flexibility index (Phi) is 4.76. The van der Waals surface area contributed by atoms with Crippen LogP contribution in [0.15, 0.2) is 57.8 Å². The first-order valence-corrected chi connectivity index (χ1v) is 10.9. The van der Waals surface area contributed by atoms with Crippen molar-refractivity contribution in [1.82, 2.24) is 4.98 Å². The topological polar surface area (TPSA) is 47.0 Å². The van der Waals surface area contributed by atoms with Crippen LogP contribution in [-0.4, -0.2) is 25.9 Å². The Balaban J connectivity index is 2.10. The van der Waals surface area contributed by atoms with Gasteiger partial charge in [0.15, 0.2) is 14.2 Å². The summed E-state index contributed by atoms with van der Waals surface area (Å²) >= 11 is 3.08. The zero-order chi connectivity index (χ0) is 17.3. The first-order chi connectivity index (χ1) is 11.4. The molecule has 0 atom stereocenters. The summed E-state index contributed by atoms with van der Waals surface area (Å²) in [4.78, 5) is 5.84. The van der Waals surface area contributed by atoms with Gasteiger partial charge in [0.05, 0.1) is 15.5 Å². The number of benzene rings is 2. The van der Waals surface area contributed by atoms with Crippen molar-refractivity contribution in [2.45, 2.75) is 9.24 Å². The van der Waals surface area contributed by atoms with Gasteiger partial charge in [-0.05, 0) is 36.1 Å². The summed E-state index contributed by atoms with van der Waals surface area (Å²) in [5.74, 6) is -0.285. The predicted octanol–water partition coefficient (Wildman–Crippen LogP) is 4.74. The Bertz CT molecular complexity index is 962. The van der Waals surface area contributed by atoms with Crippen molar-refractivity contribution < 1.29 is 12.8 Å². The van der Waals surface area contributed by atoms with E-state index in [4.69, 9.17) is 0 Å². The highest BCUT2D eigenvalue weighted by Gasteiger charge is 2.16. The largest absolute Gasteiger partial charge is 0.229 e. The summed E-state index contributed by atoms with van der Waals surface area (Å²) in [6, 6.07) is 13.0. The summed E-state index contributed by atoms with van der Waals surface area (Å²) in [6.07, 6.45) is 3.13. The van der Waals surface area contributed by atoms with Crippen molar-refractivity contribution in [2.24, 2.45) is 0 Å². The van der Waals surface area contributed by atoms with Gasteiger partial charge in [-0.2, -0.15) is 0 Å². The molecule has 0 unspecified atom stereocenters. The molecule has 2 aromatic carbocycles. The predicted molar refractivity (Wildman–Crippen MR) is 97.8 cm³/mol. The van der Waals surface area contributed by atoms with Crippen LogP contribution in [0.3, 0.4) is 0 Å². The van der Waals surface area contributed by atoms with Gasteiger partial charge in [0, 0.05) is 11.8 Å². The van der Waals surface area contributed by atoms with Crippen LogP contribution in [-0.2, 0) is 9.84 Å². The molecular formula is C17H14FNO2S3. The van der Waals surface area contributed by atoms with Crippen LogP contribution in [0.25, 0.3) is 21.7 Å². The molecule has 0 radical (unpaired) electrons. The minimum absolute atomic E-state index is 0.273. The van der Waals surface area contributed by atoms with Gasteiger partial charge in [-0.3, -0.25) is 0 Å². The molecule has 0 fully saturated rings. The highest BCUT2D eigenvalue weighted by molar-refractivity contribution is 8.00. The van der Waals surface area contributed by atoms with Crippen LogP contribution < -0.4 is 0 Å². The lowest BCUT2D eigenvalue weighted by Gasteiger charge is -2.04. The van der Waals surface area contributed by atoms with Gasteiger partial charge in [0.2, 0.25) is 0 Å². The molecule has 0 N–H and O–H groups in total. The van der Waals surface area contributed by atoms with Gasteiger partial charge < -0.3 is 0 Å². The van der Waals surface area contributed by atoms with E-state index in [0.29, 0.717) is 0 Å². The average molecular weight is 380 g/mol. The molecule has 7 heteroatoms. The number of nitrogens with zero attached hydrogens (tertiary/aromatic N) is 1. The third-order valence-corrected chi connectivity index (χ3v) is 6.66. The monoisotopic (exact) mass is 379 g/mol. The number of thiazole rings is 1. The van der Waals surface area contributed by atoms with Crippen LogP contribution >= 0.6 is 23.1 Å². The van der Waals surface area contributed by atoms with E-state index in [-0.39, 0.29) is 10.7 Å². The number of aromatic nitrogens is 1. The second kappa shape index (κ2) is 6.66. The Hall–Kier alpha value is -1.70. The molecule has 0 bridgehead atoms. The van der Waals surface area contributed by atoms with Crippen molar-refractivity contribution >= 4 is 32.9 Å². The lowest BCUT2D eigenvalue weighted by atomic mass is 10.1. The van der Waals surface area contributed by atoms with Crippen molar-refractivity contribution in [2.75, 3.05) is 12.5 Å². The maximum Gasteiger partial charge on any atom is 0.175 e. The molecule has 24 heavy (non-hydrogen) atoms. The van der Waals surface area contributed by atoms with E-state index in [1.165, 1.54) is 29.7 Å². The molecule has 3 rings (SSSR count). The number of sulfone groups is 1. The fraction of sp³-hybridized carbons (Fsp3) is 0.118. The molecule has 1 heterocycles. The summed E-state index contributed by atoms with van der Waals surface area (Å²) in [5.41, 5.74) is 2.49. The third-order valence-electron chi connectivity index (χ3n) is 3.44. The van der Waals surface area contributed by atoms with E-state index in [1.807, 2.05) is 6.26 Å². The molecule has 0 spiro atoms. The van der Waals surface area contributed by atoms with Crippen molar-refractivity contribution in [3.63, 3.8) is 0 Å². The van der Waals surface area contributed by atoms with Crippen LogP contribution in [0.5, 0.6) is 0 Å². The van der Waals surface area contributed by atoms with Gasteiger partial charge in [-0.15, -0.1) is 11.3 Å². The van der Waals surface area contributed by atoms with Crippen LogP contribution in [0, 0.1) is 5.82 Å². The lowest BCUT2D eigenvalue weighted by Crippen LogP contribution is -1.96. The molecule has 3 aromatic rings. The second-order valence-corrected chi connectivity index (χ2v) is 9.23. The number of halogens is 1. The van der Waals surface area contributed by atoms with Crippen LogP contribution in [0.4, 0.5) is 4.39 Å². The fourth-order valence-electron chi connectivity index (χ4n) is 2.24. The molecular weight excluding hydrogens is 365 g/mol. The van der Waals surface area contributed by atoms with E-state index in [0.717, 1.165) is 26.0 Å². The molecule has 0 amide bonds. The highest BCUT2D eigenvalue weighted by Crippen LogP contribution is 2.39. The number of rotatable bonds is 4. The van der Waals surface area contributed by atoms with E-state index >= 15 is 0 Å². The molecule has 1 aromatic heterocycles. The van der Waals surface area contributed by atoms with E-state index in [2.05, 4.69) is 4.98 Å². The van der Waals surface area contributed by atoms with Gasteiger partial charge in [0.25, 0.3) is 0 Å². The Morgan fingerprint density at radius 3 is 2.12 bits per heavy atom. The van der Waals surface area contributed by atoms with Crippen LogP contribution in [0.1, 0.15) is 0 Å². The number of hydrogen-bond acceptors (Lipinski definition) is 5. The molecule has 124 valence electrons. The van der Waals surface area contributed by atoms with E-state index in [1.54, 1.807) is 48.2 Å². The first-order valence-electron chi connectivity index (χ1n) is 7.00. The molecule has 3 nitrogen and oxygen atoms in total. The minimum atomic E-state index is -3.23. The lowest BCUT2D eigenvalue weighted by molar-refractivity contribution is 0.602. The van der Waals surface area contributed by atoms with Gasteiger partial charge in [-0.25, -0.2) is 17.8 Å². The third kappa shape index (κ3) is 3.53.